The van der Waals surface area contributed by atoms with Crippen LogP contribution in [0.4, 0.5) is 5.82 Å². The van der Waals surface area contributed by atoms with Gasteiger partial charge in [-0.05, 0) is 42.0 Å². The van der Waals surface area contributed by atoms with E-state index in [4.69, 9.17) is 34.3 Å². The SMILES string of the molecule is c1cncc(-c2ccn(-c3nc(N4CCOCC4)c4ncc(-c5ccc6c(c5)OCCO6)cc4n3)n2)c1. The molecule has 0 saturated carbocycles. The Labute approximate surface area is 212 Å². The summed E-state index contributed by atoms with van der Waals surface area (Å²) in [5, 5.41) is 4.73. The minimum Gasteiger partial charge on any atom is -0.486 e. The summed E-state index contributed by atoms with van der Waals surface area (Å²) in [6, 6.07) is 13.8. The molecule has 4 aromatic heterocycles. The molecule has 0 aliphatic carbocycles. The summed E-state index contributed by atoms with van der Waals surface area (Å²) in [5.74, 6) is 2.74. The molecule has 1 aromatic carbocycles. The highest BCUT2D eigenvalue weighted by molar-refractivity contribution is 5.89. The van der Waals surface area contributed by atoms with Gasteiger partial charge in [0.2, 0.25) is 0 Å². The van der Waals surface area contributed by atoms with Crippen molar-refractivity contribution in [2.45, 2.75) is 0 Å². The number of anilines is 1. The summed E-state index contributed by atoms with van der Waals surface area (Å²) >= 11 is 0. The number of nitrogens with zero attached hydrogens (tertiary/aromatic N) is 7. The molecule has 0 radical (unpaired) electrons. The van der Waals surface area contributed by atoms with Gasteiger partial charge in [-0.25, -0.2) is 9.67 Å². The molecule has 37 heavy (non-hydrogen) atoms. The molecule has 1 saturated heterocycles. The standard InChI is InChI=1S/C27H23N7O3/c1-2-19(16-28-6-1)21-5-7-34(32-21)27-30-22-14-20(18-3-4-23-24(15-18)37-13-12-36-23)17-29-25(22)26(31-27)33-8-10-35-11-9-33/h1-7,14-17H,8-13H2. The van der Waals surface area contributed by atoms with Gasteiger partial charge in [0.05, 0.1) is 24.4 Å². The molecule has 0 unspecified atom stereocenters. The van der Waals surface area contributed by atoms with Crippen molar-refractivity contribution >= 4 is 16.9 Å². The van der Waals surface area contributed by atoms with E-state index in [1.54, 1.807) is 17.1 Å². The number of rotatable bonds is 4. The molecular formula is C27H23N7O3. The second-order valence-electron chi connectivity index (χ2n) is 8.78. The van der Waals surface area contributed by atoms with Crippen LogP contribution in [0.15, 0.2) is 67.3 Å². The number of benzene rings is 1. The third-order valence-corrected chi connectivity index (χ3v) is 6.44. The number of ether oxygens (including phenoxy) is 3. The van der Waals surface area contributed by atoms with E-state index < -0.39 is 0 Å². The van der Waals surface area contributed by atoms with E-state index in [1.165, 1.54) is 0 Å². The summed E-state index contributed by atoms with van der Waals surface area (Å²) in [4.78, 5) is 21.0. The molecule has 0 N–H and O–H groups in total. The summed E-state index contributed by atoms with van der Waals surface area (Å²) in [7, 11) is 0. The van der Waals surface area contributed by atoms with Gasteiger partial charge < -0.3 is 19.1 Å². The van der Waals surface area contributed by atoms with Crippen molar-refractivity contribution in [1.82, 2.24) is 29.7 Å². The highest BCUT2D eigenvalue weighted by atomic mass is 16.6. The lowest BCUT2D eigenvalue weighted by molar-refractivity contribution is 0.122. The molecule has 6 heterocycles. The smallest absolute Gasteiger partial charge is 0.253 e. The molecule has 0 spiro atoms. The maximum absolute atomic E-state index is 5.78. The maximum Gasteiger partial charge on any atom is 0.253 e. The quantitative estimate of drug-likeness (QED) is 0.372. The van der Waals surface area contributed by atoms with Crippen molar-refractivity contribution in [3.05, 3.63) is 67.3 Å². The molecule has 5 aromatic rings. The van der Waals surface area contributed by atoms with E-state index in [9.17, 15) is 0 Å². The van der Waals surface area contributed by atoms with E-state index in [0.717, 1.165) is 63.8 Å². The van der Waals surface area contributed by atoms with Gasteiger partial charge in [-0.2, -0.15) is 10.1 Å². The van der Waals surface area contributed by atoms with Crippen LogP contribution in [0.1, 0.15) is 0 Å². The van der Waals surface area contributed by atoms with Gasteiger partial charge in [0, 0.05) is 49.0 Å². The summed E-state index contributed by atoms with van der Waals surface area (Å²) in [6.45, 7) is 3.85. The molecule has 2 aliphatic rings. The Kier molecular flexibility index (Phi) is 5.36. The molecule has 0 amide bonds. The van der Waals surface area contributed by atoms with E-state index >= 15 is 0 Å². The van der Waals surface area contributed by atoms with Crippen molar-refractivity contribution < 1.29 is 14.2 Å². The monoisotopic (exact) mass is 493 g/mol. The summed E-state index contributed by atoms with van der Waals surface area (Å²) < 4.78 is 18.7. The molecule has 10 nitrogen and oxygen atoms in total. The van der Waals surface area contributed by atoms with Gasteiger partial charge in [0.15, 0.2) is 17.3 Å². The largest absolute Gasteiger partial charge is 0.486 e. The average molecular weight is 494 g/mol. The molecule has 1 fully saturated rings. The van der Waals surface area contributed by atoms with Crippen molar-refractivity contribution in [3.8, 4) is 39.8 Å². The number of pyridine rings is 2. The molecule has 7 rings (SSSR count). The minimum atomic E-state index is 0.477. The Morgan fingerprint density at radius 2 is 1.68 bits per heavy atom. The first-order valence-corrected chi connectivity index (χ1v) is 12.2. The lowest BCUT2D eigenvalue weighted by Gasteiger charge is -2.28. The summed E-state index contributed by atoms with van der Waals surface area (Å²) in [6.07, 6.45) is 7.25. The number of fused-ring (bicyclic) bond motifs is 2. The van der Waals surface area contributed by atoms with Gasteiger partial charge in [0.25, 0.3) is 5.95 Å². The van der Waals surface area contributed by atoms with Gasteiger partial charge >= 0.3 is 0 Å². The van der Waals surface area contributed by atoms with Crippen molar-refractivity contribution in [2.75, 3.05) is 44.4 Å². The van der Waals surface area contributed by atoms with Gasteiger partial charge in [0.1, 0.15) is 18.7 Å². The van der Waals surface area contributed by atoms with Crippen molar-refractivity contribution in [2.24, 2.45) is 0 Å². The predicted molar refractivity (Wildman–Crippen MR) is 137 cm³/mol. The highest BCUT2D eigenvalue weighted by Gasteiger charge is 2.21. The van der Waals surface area contributed by atoms with Crippen LogP contribution in [-0.2, 0) is 4.74 Å². The van der Waals surface area contributed by atoms with Crippen LogP contribution in [0, 0.1) is 0 Å². The molecular weight excluding hydrogens is 470 g/mol. The predicted octanol–water partition coefficient (Wildman–Crippen LogP) is 3.55. The van der Waals surface area contributed by atoms with Crippen LogP contribution in [0.3, 0.4) is 0 Å². The van der Waals surface area contributed by atoms with Gasteiger partial charge in [-0.3, -0.25) is 9.97 Å². The highest BCUT2D eigenvalue weighted by Crippen LogP contribution is 2.35. The van der Waals surface area contributed by atoms with Crippen LogP contribution < -0.4 is 14.4 Å². The zero-order valence-corrected chi connectivity index (χ0v) is 19.9. The van der Waals surface area contributed by atoms with E-state index in [-0.39, 0.29) is 0 Å². The molecule has 2 aliphatic heterocycles. The van der Waals surface area contributed by atoms with Crippen LogP contribution in [0.2, 0.25) is 0 Å². The fraction of sp³-hybridized carbons (Fsp3) is 0.222. The number of morpholine rings is 1. The second-order valence-corrected chi connectivity index (χ2v) is 8.78. The number of aromatic nitrogens is 6. The Balaban J connectivity index is 1.34. The lowest BCUT2D eigenvalue weighted by atomic mass is 10.1. The van der Waals surface area contributed by atoms with Crippen LogP contribution in [0.25, 0.3) is 39.4 Å². The minimum absolute atomic E-state index is 0.477. The Morgan fingerprint density at radius 1 is 0.784 bits per heavy atom. The fourth-order valence-electron chi connectivity index (χ4n) is 4.57. The molecule has 10 heteroatoms. The van der Waals surface area contributed by atoms with Crippen LogP contribution >= 0.6 is 0 Å². The molecule has 0 atom stereocenters. The fourth-order valence-corrected chi connectivity index (χ4v) is 4.57. The third-order valence-electron chi connectivity index (χ3n) is 6.44. The van der Waals surface area contributed by atoms with Gasteiger partial charge in [-0.15, -0.1) is 0 Å². The first-order valence-electron chi connectivity index (χ1n) is 12.2. The molecule has 0 bridgehead atoms. The zero-order chi connectivity index (χ0) is 24.6. The van der Waals surface area contributed by atoms with Crippen molar-refractivity contribution in [1.29, 1.82) is 0 Å². The first kappa shape index (κ1) is 21.7. The zero-order valence-electron chi connectivity index (χ0n) is 19.9. The normalized spacial score (nSPS) is 15.2. The Hall–Kier alpha value is -4.57. The maximum atomic E-state index is 5.78. The van der Waals surface area contributed by atoms with E-state index in [0.29, 0.717) is 32.4 Å². The number of hydrogen-bond acceptors (Lipinski definition) is 9. The Bertz CT molecular complexity index is 1580. The number of hydrogen-bond donors (Lipinski definition) is 0. The second kappa shape index (κ2) is 9.14. The van der Waals surface area contributed by atoms with Gasteiger partial charge in [-0.1, -0.05) is 6.07 Å². The molecule has 184 valence electrons. The van der Waals surface area contributed by atoms with Crippen LogP contribution in [0.5, 0.6) is 11.5 Å². The summed E-state index contributed by atoms with van der Waals surface area (Å²) in [5.41, 5.74) is 5.11. The van der Waals surface area contributed by atoms with E-state index in [2.05, 4.69) is 9.88 Å². The average Bonchev–Trinajstić information content (AvgIpc) is 3.48. The topological polar surface area (TPSA) is 100 Å². The lowest BCUT2D eigenvalue weighted by Crippen LogP contribution is -2.37. The Morgan fingerprint density at radius 3 is 2.54 bits per heavy atom. The third kappa shape index (κ3) is 4.11. The van der Waals surface area contributed by atoms with Crippen LogP contribution in [-0.4, -0.2) is 69.2 Å². The van der Waals surface area contributed by atoms with E-state index in [1.807, 2.05) is 54.9 Å². The first-order chi connectivity index (χ1) is 18.3. The van der Waals surface area contributed by atoms with Crippen molar-refractivity contribution in [3.63, 3.8) is 0 Å².